The Morgan fingerprint density at radius 2 is 1.74 bits per heavy atom. The molecule has 0 saturated carbocycles. The Morgan fingerprint density at radius 1 is 1.00 bits per heavy atom. The second-order valence-electron chi connectivity index (χ2n) is 7.29. The van der Waals surface area contributed by atoms with Crippen LogP contribution in [0.2, 0.25) is 0 Å². The molecule has 2 N–H and O–H groups in total. The normalized spacial score (nSPS) is 13.6. The molecule has 2 heterocycles. The van der Waals surface area contributed by atoms with E-state index in [2.05, 4.69) is 4.98 Å². The third-order valence-corrected chi connectivity index (χ3v) is 5.30. The third-order valence-electron chi connectivity index (χ3n) is 5.30. The van der Waals surface area contributed by atoms with Gasteiger partial charge in [-0.05, 0) is 41.8 Å². The van der Waals surface area contributed by atoms with Crippen LogP contribution in [0.4, 0.5) is 19.0 Å². The first kappa shape index (κ1) is 20.6. The fourth-order valence-electron chi connectivity index (χ4n) is 3.73. The number of alkyl halides is 3. The van der Waals surface area contributed by atoms with Gasteiger partial charge in [-0.25, -0.2) is 4.98 Å². The molecule has 31 heavy (non-hydrogen) atoms. The summed E-state index contributed by atoms with van der Waals surface area (Å²) < 4.78 is 38.4. The number of amides is 1. The molecule has 0 unspecified atom stereocenters. The number of nitrogens with two attached hydrogens (primary N) is 1. The number of ketones is 1. The molecule has 1 aromatic heterocycles. The highest BCUT2D eigenvalue weighted by Gasteiger charge is 2.31. The number of hydrogen-bond donors (Lipinski definition) is 1. The Balaban J connectivity index is 1.58. The maximum absolute atomic E-state index is 13.0. The van der Waals surface area contributed by atoms with Crippen LogP contribution in [-0.2, 0) is 19.1 Å². The lowest BCUT2D eigenvalue weighted by Crippen LogP contribution is -2.36. The summed E-state index contributed by atoms with van der Waals surface area (Å²) in [5.41, 5.74) is 7.57. The van der Waals surface area contributed by atoms with Gasteiger partial charge in [0, 0.05) is 36.0 Å². The van der Waals surface area contributed by atoms with Crippen LogP contribution in [0.25, 0.3) is 0 Å². The molecule has 1 aliphatic heterocycles. The van der Waals surface area contributed by atoms with Gasteiger partial charge >= 0.3 is 6.18 Å². The molecule has 0 saturated heterocycles. The Kier molecular flexibility index (Phi) is 5.22. The minimum atomic E-state index is -4.46. The second-order valence-corrected chi connectivity index (χ2v) is 7.29. The van der Waals surface area contributed by atoms with Crippen molar-refractivity contribution in [2.45, 2.75) is 19.1 Å². The standard InChI is InChI=1S/C23H18F3N3O2/c24-23(25,26)17-6-4-14(5-7-17)21(30)19-3-1-2-16-13-29(11-9-18(16)19)22(31)15-8-10-28-20(27)12-15/h1-8,10,12H,9,11,13H2,(H2,27,28). The molecule has 158 valence electrons. The van der Waals surface area contributed by atoms with Crippen molar-refractivity contribution in [3.63, 3.8) is 0 Å². The summed E-state index contributed by atoms with van der Waals surface area (Å²) in [5.74, 6) is -0.265. The van der Waals surface area contributed by atoms with Crippen LogP contribution >= 0.6 is 0 Å². The van der Waals surface area contributed by atoms with Crippen LogP contribution in [-0.4, -0.2) is 28.1 Å². The highest BCUT2D eigenvalue weighted by molar-refractivity contribution is 6.10. The van der Waals surface area contributed by atoms with Gasteiger partial charge in [-0.3, -0.25) is 9.59 Å². The molecule has 1 aliphatic rings. The fourth-order valence-corrected chi connectivity index (χ4v) is 3.73. The van der Waals surface area contributed by atoms with Gasteiger partial charge in [-0.2, -0.15) is 13.2 Å². The lowest BCUT2D eigenvalue weighted by Gasteiger charge is -2.30. The summed E-state index contributed by atoms with van der Waals surface area (Å²) in [6.07, 6.45) is -2.52. The van der Waals surface area contributed by atoms with Crippen LogP contribution in [0, 0.1) is 0 Å². The number of halogens is 3. The SMILES string of the molecule is Nc1cc(C(=O)N2CCc3c(cccc3C(=O)c3ccc(C(F)(F)F)cc3)C2)ccn1. The van der Waals surface area contributed by atoms with Gasteiger partial charge < -0.3 is 10.6 Å². The largest absolute Gasteiger partial charge is 0.416 e. The lowest BCUT2D eigenvalue weighted by atomic mass is 9.90. The predicted octanol–water partition coefficient (Wildman–Crippen LogP) is 4.11. The number of rotatable bonds is 3. The molecule has 8 heteroatoms. The lowest BCUT2D eigenvalue weighted by molar-refractivity contribution is -0.137. The number of aromatic nitrogens is 1. The summed E-state index contributed by atoms with van der Waals surface area (Å²) in [5, 5.41) is 0. The smallest absolute Gasteiger partial charge is 0.384 e. The van der Waals surface area contributed by atoms with E-state index in [-0.39, 0.29) is 23.1 Å². The average Bonchev–Trinajstić information content (AvgIpc) is 2.77. The van der Waals surface area contributed by atoms with Crippen molar-refractivity contribution in [3.05, 3.63) is 94.2 Å². The van der Waals surface area contributed by atoms with Crippen LogP contribution < -0.4 is 5.73 Å². The van der Waals surface area contributed by atoms with E-state index < -0.39 is 11.7 Å². The highest BCUT2D eigenvalue weighted by Crippen LogP contribution is 2.30. The molecule has 0 radical (unpaired) electrons. The van der Waals surface area contributed by atoms with Gasteiger partial charge in [0.15, 0.2) is 5.78 Å². The number of hydrogen-bond acceptors (Lipinski definition) is 4. The van der Waals surface area contributed by atoms with Crippen molar-refractivity contribution in [2.75, 3.05) is 12.3 Å². The molecule has 0 bridgehead atoms. The maximum Gasteiger partial charge on any atom is 0.416 e. The number of carbonyl (C=O) groups excluding carboxylic acids is 2. The fraction of sp³-hybridized carbons (Fsp3) is 0.174. The molecular weight excluding hydrogens is 407 g/mol. The number of carbonyl (C=O) groups is 2. The topological polar surface area (TPSA) is 76.3 Å². The average molecular weight is 425 g/mol. The quantitative estimate of drug-likeness (QED) is 0.641. The van der Waals surface area contributed by atoms with Crippen molar-refractivity contribution >= 4 is 17.5 Å². The van der Waals surface area contributed by atoms with E-state index in [4.69, 9.17) is 5.73 Å². The van der Waals surface area contributed by atoms with Crippen LogP contribution in [0.1, 0.15) is 43.0 Å². The van der Waals surface area contributed by atoms with Gasteiger partial charge in [-0.1, -0.05) is 30.3 Å². The number of benzene rings is 2. The Morgan fingerprint density at radius 3 is 2.42 bits per heavy atom. The van der Waals surface area contributed by atoms with E-state index in [0.717, 1.165) is 23.3 Å². The Labute approximate surface area is 176 Å². The maximum atomic E-state index is 13.0. The first-order valence-corrected chi connectivity index (χ1v) is 9.57. The molecule has 0 fully saturated rings. The summed E-state index contributed by atoms with van der Waals surface area (Å²) in [7, 11) is 0. The number of nitrogens with zero attached hydrogens (tertiary/aromatic N) is 2. The molecule has 0 aliphatic carbocycles. The molecule has 3 aromatic rings. The summed E-state index contributed by atoms with van der Waals surface area (Å²) in [6, 6.07) is 12.5. The molecule has 2 aromatic carbocycles. The molecule has 4 rings (SSSR count). The van der Waals surface area contributed by atoms with E-state index in [1.54, 1.807) is 23.1 Å². The van der Waals surface area contributed by atoms with Gasteiger partial charge in [0.1, 0.15) is 5.82 Å². The zero-order valence-electron chi connectivity index (χ0n) is 16.3. The van der Waals surface area contributed by atoms with Crippen molar-refractivity contribution < 1.29 is 22.8 Å². The summed E-state index contributed by atoms with van der Waals surface area (Å²) in [4.78, 5) is 31.3. The Bertz CT molecular complexity index is 1160. The molecule has 0 spiro atoms. The summed E-state index contributed by atoms with van der Waals surface area (Å²) >= 11 is 0. The number of nitrogen functional groups attached to an aromatic ring is 1. The zero-order valence-corrected chi connectivity index (χ0v) is 16.3. The van der Waals surface area contributed by atoms with Crippen LogP contribution in [0.15, 0.2) is 60.8 Å². The minimum Gasteiger partial charge on any atom is -0.384 e. The first-order valence-electron chi connectivity index (χ1n) is 9.57. The third kappa shape index (κ3) is 4.14. The van der Waals surface area contributed by atoms with Gasteiger partial charge in [0.05, 0.1) is 5.56 Å². The minimum absolute atomic E-state index is 0.181. The van der Waals surface area contributed by atoms with Crippen LogP contribution in [0.5, 0.6) is 0 Å². The van der Waals surface area contributed by atoms with Crippen molar-refractivity contribution in [3.8, 4) is 0 Å². The highest BCUT2D eigenvalue weighted by atomic mass is 19.4. The van der Waals surface area contributed by atoms with E-state index in [0.29, 0.717) is 30.6 Å². The predicted molar refractivity (Wildman–Crippen MR) is 108 cm³/mol. The number of pyridine rings is 1. The van der Waals surface area contributed by atoms with Gasteiger partial charge in [0.2, 0.25) is 0 Å². The van der Waals surface area contributed by atoms with E-state index in [1.807, 2.05) is 6.07 Å². The first-order chi connectivity index (χ1) is 14.7. The Hall–Kier alpha value is -3.68. The summed E-state index contributed by atoms with van der Waals surface area (Å²) in [6.45, 7) is 0.732. The van der Waals surface area contributed by atoms with Gasteiger partial charge in [-0.15, -0.1) is 0 Å². The van der Waals surface area contributed by atoms with Crippen molar-refractivity contribution in [1.82, 2.24) is 9.88 Å². The second kappa shape index (κ2) is 7.86. The molecule has 0 atom stereocenters. The van der Waals surface area contributed by atoms with E-state index in [9.17, 15) is 22.8 Å². The van der Waals surface area contributed by atoms with E-state index in [1.165, 1.54) is 24.4 Å². The molecule has 1 amide bonds. The number of fused-ring (bicyclic) bond motifs is 1. The molecular formula is C23H18F3N3O2. The van der Waals surface area contributed by atoms with Gasteiger partial charge in [0.25, 0.3) is 5.91 Å². The van der Waals surface area contributed by atoms with Crippen molar-refractivity contribution in [2.24, 2.45) is 0 Å². The van der Waals surface area contributed by atoms with Crippen molar-refractivity contribution in [1.29, 1.82) is 0 Å². The monoisotopic (exact) mass is 425 g/mol. The molecule has 5 nitrogen and oxygen atoms in total. The van der Waals surface area contributed by atoms with E-state index >= 15 is 0 Å². The zero-order chi connectivity index (χ0) is 22.2. The van der Waals surface area contributed by atoms with Crippen LogP contribution in [0.3, 0.4) is 0 Å². The number of anilines is 1.